The molecule has 470 valence electrons. The van der Waals surface area contributed by atoms with E-state index in [0.717, 1.165) is 83.5 Å². The van der Waals surface area contributed by atoms with Gasteiger partial charge in [0.25, 0.3) is 0 Å². The number of amides is 1. The van der Waals surface area contributed by atoms with E-state index in [2.05, 4.69) is 62.5 Å². The normalized spacial score (nSPS) is 13.8. The quantitative estimate of drug-likeness (QED) is 0.0205. The molecule has 3 unspecified atom stereocenters. The highest BCUT2D eigenvalue weighted by Gasteiger charge is 2.30. The van der Waals surface area contributed by atoms with Gasteiger partial charge in [-0.15, -0.1) is 0 Å². The summed E-state index contributed by atoms with van der Waals surface area (Å²) < 4.78 is 30.8. The van der Waals surface area contributed by atoms with Crippen LogP contribution in [0.2, 0.25) is 0 Å². The fraction of sp³-hybridized carbons (Fsp3) is 0.857. The zero-order chi connectivity index (χ0) is 58.6. The Labute approximate surface area is 497 Å². The van der Waals surface area contributed by atoms with Crippen LogP contribution in [0.5, 0.6) is 0 Å². The standard InChI is InChI=1S/C70H133N2O7P/c1-7-10-13-16-19-22-25-28-30-31-32-33-34-35-36-37-38-39-40-41-42-44-47-50-53-56-59-62-69(73)71-67(66-78-80(75,76)77-65-64-72(4,5)6)68(61-58-55-52-49-46-43-27-24-21-18-15-12-9-3)79-70(74)63-60-57-54-51-48-45-29-26-23-20-17-14-11-8-2/h11,14,20,23,29,45,58,61,67-68H,7-10,12-13,15-19,21-22,24-28,30-44,46-57,59-60,62-66H2,1-6H3,(H-,71,73,75,76)/p+1/b14-11+,23-20+,45-29+,61-58-. The first-order valence-corrected chi connectivity index (χ1v) is 36.0. The Morgan fingerprint density at radius 2 is 0.800 bits per heavy atom. The predicted molar refractivity (Wildman–Crippen MR) is 346 cm³/mol. The van der Waals surface area contributed by atoms with Gasteiger partial charge < -0.3 is 19.4 Å². The van der Waals surface area contributed by atoms with E-state index in [-0.39, 0.29) is 31.5 Å². The number of allylic oxidation sites excluding steroid dienone is 7. The fourth-order valence-corrected chi connectivity index (χ4v) is 11.0. The molecule has 0 aromatic carbocycles. The summed E-state index contributed by atoms with van der Waals surface area (Å²) in [5.41, 5.74) is 0. The average Bonchev–Trinajstić information content (AvgIpc) is 3.42. The van der Waals surface area contributed by atoms with E-state index in [0.29, 0.717) is 23.9 Å². The van der Waals surface area contributed by atoms with Gasteiger partial charge in [-0.25, -0.2) is 4.57 Å². The number of phosphoric acid groups is 1. The van der Waals surface area contributed by atoms with Crippen LogP contribution in [0, 0.1) is 0 Å². The number of rotatable bonds is 63. The molecule has 0 rings (SSSR count). The summed E-state index contributed by atoms with van der Waals surface area (Å²) in [6.07, 6.45) is 75.6. The second-order valence-corrected chi connectivity index (χ2v) is 26.1. The topological polar surface area (TPSA) is 111 Å². The number of phosphoric ester groups is 1. The van der Waals surface area contributed by atoms with E-state index in [1.54, 1.807) is 0 Å². The number of nitrogens with one attached hydrogen (secondary N) is 1. The zero-order valence-electron chi connectivity index (χ0n) is 53.8. The van der Waals surface area contributed by atoms with Crippen molar-refractivity contribution < 1.29 is 37.3 Å². The molecule has 0 aliphatic heterocycles. The summed E-state index contributed by atoms with van der Waals surface area (Å²) >= 11 is 0. The Balaban J connectivity index is 5.00. The van der Waals surface area contributed by atoms with E-state index in [9.17, 15) is 19.0 Å². The summed E-state index contributed by atoms with van der Waals surface area (Å²) in [6, 6.07) is -0.856. The third-order valence-corrected chi connectivity index (χ3v) is 16.5. The number of hydrogen-bond acceptors (Lipinski definition) is 6. The largest absolute Gasteiger partial charge is 0.472 e. The van der Waals surface area contributed by atoms with Gasteiger partial charge in [0.15, 0.2) is 0 Å². The van der Waals surface area contributed by atoms with E-state index in [1.165, 1.54) is 212 Å². The predicted octanol–water partition coefficient (Wildman–Crippen LogP) is 21.6. The Bertz CT molecular complexity index is 1510. The van der Waals surface area contributed by atoms with Crippen molar-refractivity contribution in [3.63, 3.8) is 0 Å². The summed E-state index contributed by atoms with van der Waals surface area (Å²) in [7, 11) is 1.49. The fourth-order valence-electron chi connectivity index (χ4n) is 10.3. The van der Waals surface area contributed by atoms with Gasteiger partial charge in [0, 0.05) is 12.8 Å². The SMILES string of the molecule is CC/C=C/C/C=C/C/C=C/CCCCCCC(=O)OC(/C=C\CCCCCCCCCCCCC)C(COP(=O)(O)OCC[N+](C)(C)C)NC(=O)CCCCCCCCCCCCCCCCCCCCCCCCCCCCC. The Morgan fingerprint density at radius 1 is 0.450 bits per heavy atom. The van der Waals surface area contributed by atoms with Crippen LogP contribution in [0.15, 0.2) is 48.6 Å². The minimum absolute atomic E-state index is 0.0377. The van der Waals surface area contributed by atoms with Crippen molar-refractivity contribution in [3.05, 3.63) is 48.6 Å². The number of hydrogen-bond donors (Lipinski definition) is 2. The number of nitrogens with zero attached hydrogens (tertiary/aromatic N) is 1. The molecule has 3 atom stereocenters. The van der Waals surface area contributed by atoms with Crippen LogP contribution in [0.1, 0.15) is 335 Å². The second-order valence-electron chi connectivity index (χ2n) is 24.7. The summed E-state index contributed by atoms with van der Waals surface area (Å²) in [5.74, 6) is -0.517. The molecule has 0 aromatic rings. The number of ether oxygens (including phenoxy) is 1. The molecule has 0 radical (unpaired) electrons. The van der Waals surface area contributed by atoms with Crippen LogP contribution in [-0.4, -0.2) is 74.3 Å². The smallest absolute Gasteiger partial charge is 0.456 e. The molecule has 0 aliphatic carbocycles. The lowest BCUT2D eigenvalue weighted by Gasteiger charge is -2.27. The molecule has 0 fully saturated rings. The summed E-state index contributed by atoms with van der Waals surface area (Å²) in [4.78, 5) is 37.8. The highest BCUT2D eigenvalue weighted by Crippen LogP contribution is 2.43. The molecule has 0 aromatic heterocycles. The van der Waals surface area contributed by atoms with Crippen molar-refractivity contribution >= 4 is 19.7 Å². The first-order valence-electron chi connectivity index (χ1n) is 34.5. The number of carbonyl (C=O) groups is 2. The molecule has 0 aliphatic rings. The van der Waals surface area contributed by atoms with Crippen LogP contribution < -0.4 is 5.32 Å². The van der Waals surface area contributed by atoms with Gasteiger partial charge >= 0.3 is 13.8 Å². The van der Waals surface area contributed by atoms with Crippen molar-refractivity contribution in [1.29, 1.82) is 0 Å². The molecule has 1 amide bonds. The first kappa shape index (κ1) is 78.0. The second kappa shape index (κ2) is 60.1. The van der Waals surface area contributed by atoms with E-state index in [4.69, 9.17) is 13.8 Å². The van der Waals surface area contributed by atoms with Gasteiger partial charge in [-0.05, 0) is 63.9 Å². The average molecular weight is 1150 g/mol. The zero-order valence-corrected chi connectivity index (χ0v) is 54.7. The molecule has 0 bridgehead atoms. The van der Waals surface area contributed by atoms with Crippen LogP contribution in [-0.2, 0) is 27.9 Å². The van der Waals surface area contributed by atoms with E-state index < -0.39 is 20.0 Å². The number of carbonyl (C=O) groups excluding carboxylic acids is 2. The van der Waals surface area contributed by atoms with Crippen LogP contribution in [0.3, 0.4) is 0 Å². The van der Waals surface area contributed by atoms with Gasteiger partial charge in [0.1, 0.15) is 19.3 Å². The monoisotopic (exact) mass is 1150 g/mol. The highest BCUT2D eigenvalue weighted by atomic mass is 31.2. The van der Waals surface area contributed by atoms with Gasteiger partial charge in [0.05, 0.1) is 33.8 Å². The molecular weight excluding hydrogens is 1010 g/mol. The molecular formula is C70H134N2O7P+. The minimum Gasteiger partial charge on any atom is -0.456 e. The van der Waals surface area contributed by atoms with Crippen molar-refractivity contribution in [2.75, 3.05) is 40.9 Å². The minimum atomic E-state index is -4.45. The highest BCUT2D eigenvalue weighted by molar-refractivity contribution is 7.47. The summed E-state index contributed by atoms with van der Waals surface area (Å²) in [6.45, 7) is 6.93. The lowest BCUT2D eigenvalue weighted by atomic mass is 10.0. The first-order chi connectivity index (χ1) is 38.9. The van der Waals surface area contributed by atoms with Crippen molar-refractivity contribution in [2.45, 2.75) is 348 Å². The molecule has 10 heteroatoms. The van der Waals surface area contributed by atoms with Crippen LogP contribution in [0.25, 0.3) is 0 Å². The van der Waals surface area contributed by atoms with Gasteiger partial charge in [-0.3, -0.25) is 18.6 Å². The number of esters is 1. The molecule has 80 heavy (non-hydrogen) atoms. The van der Waals surface area contributed by atoms with Gasteiger partial charge in [-0.1, -0.05) is 307 Å². The molecule has 0 saturated heterocycles. The number of unbranched alkanes of at least 4 members (excludes halogenated alkanes) is 41. The van der Waals surface area contributed by atoms with E-state index >= 15 is 0 Å². The van der Waals surface area contributed by atoms with Crippen LogP contribution >= 0.6 is 7.82 Å². The van der Waals surface area contributed by atoms with Crippen molar-refractivity contribution in [2.24, 2.45) is 0 Å². The van der Waals surface area contributed by atoms with Crippen molar-refractivity contribution in [3.8, 4) is 0 Å². The van der Waals surface area contributed by atoms with Gasteiger partial charge in [-0.2, -0.15) is 0 Å². The molecule has 0 heterocycles. The number of quaternary nitrogens is 1. The third kappa shape index (κ3) is 60.6. The van der Waals surface area contributed by atoms with Crippen molar-refractivity contribution in [1.82, 2.24) is 5.32 Å². The Morgan fingerprint density at radius 3 is 1.20 bits per heavy atom. The van der Waals surface area contributed by atoms with E-state index in [1.807, 2.05) is 33.3 Å². The molecule has 0 spiro atoms. The Kier molecular flexibility index (Phi) is 58.6. The lowest BCUT2D eigenvalue weighted by Crippen LogP contribution is -2.47. The summed E-state index contributed by atoms with van der Waals surface area (Å²) in [5, 5.41) is 3.07. The molecule has 2 N–H and O–H groups in total. The molecule has 9 nitrogen and oxygen atoms in total. The maximum Gasteiger partial charge on any atom is 0.472 e. The Hall–Kier alpha value is -2.03. The lowest BCUT2D eigenvalue weighted by molar-refractivity contribution is -0.870. The van der Waals surface area contributed by atoms with Crippen LogP contribution in [0.4, 0.5) is 0 Å². The third-order valence-electron chi connectivity index (χ3n) is 15.5. The van der Waals surface area contributed by atoms with Gasteiger partial charge in [0.2, 0.25) is 5.91 Å². The maximum absolute atomic E-state index is 13.6. The molecule has 0 saturated carbocycles. The number of likely N-dealkylation sites (N-methyl/N-ethyl adjacent to an activating group) is 1. The maximum atomic E-state index is 13.6.